The molecule has 0 saturated carbocycles. The van der Waals surface area contributed by atoms with Crippen LogP contribution >= 0.6 is 0 Å². The van der Waals surface area contributed by atoms with Crippen LogP contribution in [0, 0.1) is 0 Å². The molecule has 122 valence electrons. The molecule has 4 heteroatoms. The molecule has 0 atom stereocenters. The Labute approximate surface area is 133 Å². The standard InChI is InChI=1S/C18H28N2O2/c21-15-17-8-5-7-16(13-17)14-19-18(22)9-6-12-20-10-3-1-2-4-11-20/h5,7-8,13,21H,1-4,6,9-12,14-15H2,(H,19,22). The predicted molar refractivity (Wildman–Crippen MR) is 88.4 cm³/mol. The number of carbonyl (C=O) groups excluding carboxylic acids is 1. The molecule has 1 aromatic rings. The Hall–Kier alpha value is -1.39. The average molecular weight is 304 g/mol. The second kappa shape index (κ2) is 9.59. The van der Waals surface area contributed by atoms with Gasteiger partial charge in [-0.2, -0.15) is 0 Å². The Morgan fingerprint density at radius 1 is 1.14 bits per heavy atom. The van der Waals surface area contributed by atoms with Gasteiger partial charge < -0.3 is 15.3 Å². The van der Waals surface area contributed by atoms with Crippen molar-refractivity contribution in [3.05, 3.63) is 35.4 Å². The molecule has 0 bridgehead atoms. The third kappa shape index (κ3) is 6.16. The number of carbonyl (C=O) groups is 1. The van der Waals surface area contributed by atoms with Crippen molar-refractivity contribution < 1.29 is 9.90 Å². The molecule has 1 aliphatic rings. The molecule has 1 saturated heterocycles. The summed E-state index contributed by atoms with van der Waals surface area (Å²) in [7, 11) is 0. The molecule has 4 nitrogen and oxygen atoms in total. The molecule has 0 radical (unpaired) electrons. The molecule has 0 spiro atoms. The Morgan fingerprint density at radius 2 is 1.86 bits per heavy atom. The molecule has 22 heavy (non-hydrogen) atoms. The number of amides is 1. The number of hydrogen-bond acceptors (Lipinski definition) is 3. The molecule has 0 aromatic heterocycles. The van der Waals surface area contributed by atoms with Crippen molar-refractivity contribution in [3.8, 4) is 0 Å². The van der Waals surface area contributed by atoms with Gasteiger partial charge in [-0.25, -0.2) is 0 Å². The third-order valence-corrected chi connectivity index (χ3v) is 4.24. The monoisotopic (exact) mass is 304 g/mol. The van der Waals surface area contributed by atoms with Gasteiger partial charge in [0.1, 0.15) is 0 Å². The molecule has 2 N–H and O–H groups in total. The summed E-state index contributed by atoms with van der Waals surface area (Å²) in [5.41, 5.74) is 1.92. The first-order valence-corrected chi connectivity index (χ1v) is 8.45. The van der Waals surface area contributed by atoms with Crippen LogP contribution < -0.4 is 5.32 Å². The van der Waals surface area contributed by atoms with Crippen LogP contribution in [0.5, 0.6) is 0 Å². The number of nitrogens with one attached hydrogen (secondary N) is 1. The molecule has 1 fully saturated rings. The summed E-state index contributed by atoms with van der Waals surface area (Å²) in [6, 6.07) is 7.69. The molecule has 0 unspecified atom stereocenters. The Bertz CT molecular complexity index is 454. The van der Waals surface area contributed by atoms with E-state index in [0.29, 0.717) is 13.0 Å². The van der Waals surface area contributed by atoms with E-state index in [2.05, 4.69) is 10.2 Å². The Kier molecular flexibility index (Phi) is 7.40. The minimum absolute atomic E-state index is 0.0393. The van der Waals surface area contributed by atoms with Crippen LogP contribution in [0.2, 0.25) is 0 Å². The quantitative estimate of drug-likeness (QED) is 0.813. The van der Waals surface area contributed by atoms with E-state index in [9.17, 15) is 4.79 Å². The first-order chi connectivity index (χ1) is 10.8. The van der Waals surface area contributed by atoms with Crippen LogP contribution in [0.4, 0.5) is 0 Å². The van der Waals surface area contributed by atoms with Crippen LogP contribution in [-0.4, -0.2) is 35.5 Å². The fourth-order valence-electron chi connectivity index (χ4n) is 2.95. The highest BCUT2D eigenvalue weighted by molar-refractivity contribution is 5.75. The van der Waals surface area contributed by atoms with Crippen LogP contribution in [-0.2, 0) is 17.9 Å². The van der Waals surface area contributed by atoms with E-state index in [1.165, 1.54) is 38.8 Å². The smallest absolute Gasteiger partial charge is 0.220 e. The summed E-state index contributed by atoms with van der Waals surface area (Å²) in [5.74, 6) is 0.115. The van der Waals surface area contributed by atoms with Crippen molar-refractivity contribution >= 4 is 5.91 Å². The maximum absolute atomic E-state index is 11.9. The first-order valence-electron chi connectivity index (χ1n) is 8.45. The molecular formula is C18H28N2O2. The Morgan fingerprint density at radius 3 is 2.59 bits per heavy atom. The number of aliphatic hydroxyl groups excluding tert-OH is 1. The maximum atomic E-state index is 11.9. The summed E-state index contributed by atoms with van der Waals surface area (Å²) in [6.07, 6.45) is 6.83. The minimum Gasteiger partial charge on any atom is -0.392 e. The van der Waals surface area contributed by atoms with E-state index in [1.54, 1.807) is 0 Å². The largest absolute Gasteiger partial charge is 0.392 e. The van der Waals surface area contributed by atoms with Crippen molar-refractivity contribution in [1.82, 2.24) is 10.2 Å². The normalized spacial score (nSPS) is 16.2. The highest BCUT2D eigenvalue weighted by Crippen LogP contribution is 2.10. The lowest BCUT2D eigenvalue weighted by atomic mass is 10.1. The molecule has 2 rings (SSSR count). The predicted octanol–water partition coefficient (Wildman–Crippen LogP) is 2.45. The van der Waals surface area contributed by atoms with Gasteiger partial charge in [0.2, 0.25) is 5.91 Å². The lowest BCUT2D eigenvalue weighted by molar-refractivity contribution is -0.121. The van der Waals surface area contributed by atoms with Crippen LogP contribution in [0.3, 0.4) is 0 Å². The first kappa shape index (κ1) is 17.0. The number of hydrogen-bond donors (Lipinski definition) is 2. The minimum atomic E-state index is 0.0393. The Balaban J connectivity index is 1.63. The van der Waals surface area contributed by atoms with Crippen molar-refractivity contribution in [2.24, 2.45) is 0 Å². The SMILES string of the molecule is O=C(CCCN1CCCCCC1)NCc1cccc(CO)c1. The zero-order chi connectivity index (χ0) is 15.6. The molecule has 1 heterocycles. The van der Waals surface area contributed by atoms with Gasteiger partial charge in [0, 0.05) is 13.0 Å². The zero-order valence-corrected chi connectivity index (χ0v) is 13.4. The van der Waals surface area contributed by atoms with Gasteiger partial charge in [0.15, 0.2) is 0 Å². The van der Waals surface area contributed by atoms with Crippen LogP contribution in [0.25, 0.3) is 0 Å². The molecule has 1 amide bonds. The maximum Gasteiger partial charge on any atom is 0.220 e. The third-order valence-electron chi connectivity index (χ3n) is 4.24. The van der Waals surface area contributed by atoms with Gasteiger partial charge in [0.05, 0.1) is 6.61 Å². The van der Waals surface area contributed by atoms with Crippen molar-refractivity contribution in [1.29, 1.82) is 0 Å². The van der Waals surface area contributed by atoms with E-state index in [4.69, 9.17) is 5.11 Å². The highest BCUT2D eigenvalue weighted by Gasteiger charge is 2.09. The fraction of sp³-hybridized carbons (Fsp3) is 0.611. The highest BCUT2D eigenvalue weighted by atomic mass is 16.3. The molecular weight excluding hydrogens is 276 g/mol. The van der Waals surface area contributed by atoms with E-state index in [-0.39, 0.29) is 12.5 Å². The summed E-state index contributed by atoms with van der Waals surface area (Å²) in [5, 5.41) is 12.1. The number of aliphatic hydroxyl groups is 1. The molecule has 1 aromatic carbocycles. The van der Waals surface area contributed by atoms with Gasteiger partial charge in [-0.3, -0.25) is 4.79 Å². The fourth-order valence-corrected chi connectivity index (χ4v) is 2.95. The summed E-state index contributed by atoms with van der Waals surface area (Å²) >= 11 is 0. The summed E-state index contributed by atoms with van der Waals surface area (Å²) < 4.78 is 0. The summed E-state index contributed by atoms with van der Waals surface area (Å²) in [6.45, 7) is 3.99. The van der Waals surface area contributed by atoms with E-state index in [0.717, 1.165) is 24.1 Å². The van der Waals surface area contributed by atoms with Crippen LogP contribution in [0.1, 0.15) is 49.7 Å². The lowest BCUT2D eigenvalue weighted by Crippen LogP contribution is -2.28. The zero-order valence-electron chi connectivity index (χ0n) is 13.4. The number of benzene rings is 1. The van der Waals surface area contributed by atoms with Gasteiger partial charge >= 0.3 is 0 Å². The van der Waals surface area contributed by atoms with Gasteiger partial charge in [-0.05, 0) is 50.0 Å². The molecule has 1 aliphatic heterocycles. The van der Waals surface area contributed by atoms with E-state index in [1.807, 2.05) is 24.3 Å². The van der Waals surface area contributed by atoms with Gasteiger partial charge in [-0.15, -0.1) is 0 Å². The number of nitrogens with zero attached hydrogens (tertiary/aromatic N) is 1. The van der Waals surface area contributed by atoms with Gasteiger partial charge in [0.25, 0.3) is 0 Å². The van der Waals surface area contributed by atoms with Crippen molar-refractivity contribution in [2.45, 2.75) is 51.7 Å². The van der Waals surface area contributed by atoms with Crippen molar-refractivity contribution in [3.63, 3.8) is 0 Å². The number of rotatable bonds is 7. The van der Waals surface area contributed by atoms with Crippen LogP contribution in [0.15, 0.2) is 24.3 Å². The van der Waals surface area contributed by atoms with E-state index < -0.39 is 0 Å². The topological polar surface area (TPSA) is 52.6 Å². The van der Waals surface area contributed by atoms with E-state index >= 15 is 0 Å². The lowest BCUT2D eigenvalue weighted by Gasteiger charge is -2.19. The second-order valence-electron chi connectivity index (χ2n) is 6.11. The van der Waals surface area contributed by atoms with Crippen molar-refractivity contribution in [2.75, 3.05) is 19.6 Å². The molecule has 0 aliphatic carbocycles. The second-order valence-corrected chi connectivity index (χ2v) is 6.11. The number of likely N-dealkylation sites (tertiary alicyclic amines) is 1. The summed E-state index contributed by atoms with van der Waals surface area (Å²) in [4.78, 5) is 14.4. The van der Waals surface area contributed by atoms with Gasteiger partial charge in [-0.1, -0.05) is 37.1 Å². The average Bonchev–Trinajstić information content (AvgIpc) is 2.82.